The average molecular weight is 249 g/mol. The number of aromatic nitrogens is 3. The molecule has 0 aliphatic carbocycles. The van der Waals surface area contributed by atoms with Crippen LogP contribution < -0.4 is 10.6 Å². The molecule has 1 unspecified atom stereocenters. The molecule has 18 heavy (non-hydrogen) atoms. The number of aryl methyl sites for hydroxylation is 1. The number of aliphatic hydroxyl groups is 1. The molecule has 0 amide bonds. The molecule has 2 aromatic rings. The van der Waals surface area contributed by atoms with Crippen LogP contribution in [0.5, 0.6) is 5.88 Å². The molecule has 3 N–H and O–H groups in total. The Labute approximate surface area is 104 Å². The molecule has 0 aliphatic rings. The topological polar surface area (TPSA) is 98.5 Å². The second-order valence-corrected chi connectivity index (χ2v) is 4.06. The summed E-state index contributed by atoms with van der Waals surface area (Å²) in [7, 11) is 1.86. The van der Waals surface area contributed by atoms with Crippen LogP contribution in [0.15, 0.2) is 17.4 Å². The molecule has 0 saturated heterocycles. The van der Waals surface area contributed by atoms with E-state index in [1.807, 2.05) is 30.8 Å². The van der Waals surface area contributed by atoms with Crippen molar-refractivity contribution in [1.29, 1.82) is 0 Å². The summed E-state index contributed by atoms with van der Waals surface area (Å²) in [6, 6.07) is 1.83. The van der Waals surface area contributed by atoms with E-state index < -0.39 is 0 Å². The van der Waals surface area contributed by atoms with Gasteiger partial charge in [-0.15, -0.1) is 0 Å². The number of hydrogen-bond acceptors (Lipinski definition) is 6. The van der Waals surface area contributed by atoms with E-state index in [2.05, 4.69) is 15.1 Å². The fraction of sp³-hybridized carbons (Fsp3) is 0.364. The Kier molecular flexibility index (Phi) is 3.42. The number of nitrogens with two attached hydrogens (primary N) is 1. The van der Waals surface area contributed by atoms with Crippen LogP contribution in [0.2, 0.25) is 0 Å². The zero-order valence-electron chi connectivity index (χ0n) is 10.2. The van der Waals surface area contributed by atoms with Gasteiger partial charge in [-0.3, -0.25) is 0 Å². The van der Waals surface area contributed by atoms with Crippen molar-refractivity contribution in [3.05, 3.63) is 12.3 Å². The SMILES string of the molecule is CC(/C=N/Oc1nc(N)nc2c1ccn2C)CO. The molecule has 96 valence electrons. The molecule has 0 aromatic carbocycles. The summed E-state index contributed by atoms with van der Waals surface area (Å²) in [5.41, 5.74) is 6.29. The van der Waals surface area contributed by atoms with E-state index in [1.54, 1.807) is 0 Å². The molecule has 0 radical (unpaired) electrons. The number of oxime groups is 1. The highest BCUT2D eigenvalue weighted by Crippen LogP contribution is 2.23. The van der Waals surface area contributed by atoms with Crippen molar-refractivity contribution < 1.29 is 9.94 Å². The normalized spacial score (nSPS) is 13.3. The Morgan fingerprint density at radius 3 is 3.11 bits per heavy atom. The minimum Gasteiger partial charge on any atom is -0.396 e. The van der Waals surface area contributed by atoms with Gasteiger partial charge in [0.15, 0.2) is 0 Å². The quantitative estimate of drug-likeness (QED) is 0.608. The van der Waals surface area contributed by atoms with Gasteiger partial charge in [-0.05, 0) is 6.07 Å². The summed E-state index contributed by atoms with van der Waals surface area (Å²) in [5, 5.41) is 13.4. The van der Waals surface area contributed by atoms with Crippen molar-refractivity contribution >= 4 is 23.2 Å². The number of hydrogen-bond donors (Lipinski definition) is 2. The molecule has 0 bridgehead atoms. The minimum absolute atomic E-state index is 0.0134. The highest BCUT2D eigenvalue weighted by Gasteiger charge is 2.10. The van der Waals surface area contributed by atoms with Crippen LogP contribution in [0.25, 0.3) is 11.0 Å². The molecular formula is C11H15N5O2. The number of rotatable bonds is 4. The van der Waals surface area contributed by atoms with Crippen molar-refractivity contribution in [2.24, 2.45) is 18.1 Å². The van der Waals surface area contributed by atoms with Crippen LogP contribution in [0.4, 0.5) is 5.95 Å². The summed E-state index contributed by atoms with van der Waals surface area (Å²) in [6.45, 7) is 1.83. The van der Waals surface area contributed by atoms with Crippen molar-refractivity contribution in [3.63, 3.8) is 0 Å². The molecule has 2 aromatic heterocycles. The third kappa shape index (κ3) is 2.40. The van der Waals surface area contributed by atoms with Crippen LogP contribution in [-0.2, 0) is 7.05 Å². The average Bonchev–Trinajstić information content (AvgIpc) is 2.71. The highest BCUT2D eigenvalue weighted by molar-refractivity contribution is 5.82. The monoisotopic (exact) mass is 249 g/mol. The van der Waals surface area contributed by atoms with Gasteiger partial charge in [0.05, 0.1) is 12.0 Å². The van der Waals surface area contributed by atoms with Gasteiger partial charge in [-0.25, -0.2) is 0 Å². The van der Waals surface area contributed by atoms with Gasteiger partial charge in [-0.1, -0.05) is 12.1 Å². The number of aliphatic hydroxyl groups excluding tert-OH is 1. The van der Waals surface area contributed by atoms with E-state index >= 15 is 0 Å². The maximum atomic E-state index is 8.86. The number of anilines is 1. The Morgan fingerprint density at radius 1 is 1.61 bits per heavy atom. The molecule has 0 spiro atoms. The van der Waals surface area contributed by atoms with Crippen LogP contribution in [0.1, 0.15) is 6.92 Å². The maximum absolute atomic E-state index is 8.86. The predicted molar refractivity (Wildman–Crippen MR) is 68.3 cm³/mol. The first kappa shape index (κ1) is 12.3. The Morgan fingerprint density at radius 2 is 2.39 bits per heavy atom. The second kappa shape index (κ2) is 5.01. The van der Waals surface area contributed by atoms with Gasteiger partial charge in [0.2, 0.25) is 5.95 Å². The van der Waals surface area contributed by atoms with E-state index in [9.17, 15) is 0 Å². The molecule has 1 atom stereocenters. The van der Waals surface area contributed by atoms with Crippen molar-refractivity contribution in [3.8, 4) is 5.88 Å². The molecule has 2 rings (SSSR count). The molecule has 0 aliphatic heterocycles. The third-order valence-corrected chi connectivity index (χ3v) is 2.45. The lowest BCUT2D eigenvalue weighted by atomic mass is 10.2. The summed E-state index contributed by atoms with van der Waals surface area (Å²) < 4.78 is 1.82. The lowest BCUT2D eigenvalue weighted by molar-refractivity contribution is 0.267. The first-order valence-corrected chi connectivity index (χ1v) is 5.51. The fourth-order valence-corrected chi connectivity index (χ4v) is 1.43. The lowest BCUT2D eigenvalue weighted by Gasteiger charge is -2.03. The van der Waals surface area contributed by atoms with E-state index in [-0.39, 0.29) is 18.5 Å². The summed E-state index contributed by atoms with van der Waals surface area (Å²) in [6.07, 6.45) is 3.35. The minimum atomic E-state index is -0.0737. The summed E-state index contributed by atoms with van der Waals surface area (Å²) >= 11 is 0. The lowest BCUT2D eigenvalue weighted by Crippen LogP contribution is -2.04. The second-order valence-electron chi connectivity index (χ2n) is 4.06. The molecule has 0 saturated carbocycles. The molecule has 0 fully saturated rings. The van der Waals surface area contributed by atoms with Gasteiger partial charge in [0, 0.05) is 25.4 Å². The fourth-order valence-electron chi connectivity index (χ4n) is 1.43. The van der Waals surface area contributed by atoms with E-state index in [0.717, 1.165) is 5.39 Å². The zero-order chi connectivity index (χ0) is 13.1. The van der Waals surface area contributed by atoms with Gasteiger partial charge in [-0.2, -0.15) is 9.97 Å². The molecular weight excluding hydrogens is 234 g/mol. The number of nitrogen functional groups attached to an aromatic ring is 1. The van der Waals surface area contributed by atoms with Crippen molar-refractivity contribution in [2.75, 3.05) is 12.3 Å². The van der Waals surface area contributed by atoms with Gasteiger partial charge in [0.25, 0.3) is 5.88 Å². The smallest absolute Gasteiger partial charge is 0.263 e. The first-order chi connectivity index (χ1) is 8.61. The van der Waals surface area contributed by atoms with Crippen LogP contribution in [-0.4, -0.2) is 32.5 Å². The standard InChI is InChI=1S/C11H15N5O2/c1-7(6-17)5-13-18-10-8-3-4-16(2)9(8)14-11(12)15-10/h3-5,7,17H,6H2,1-2H3,(H2,12,14,15)/b13-5+. The third-order valence-electron chi connectivity index (χ3n) is 2.45. The van der Waals surface area contributed by atoms with E-state index in [4.69, 9.17) is 15.7 Å². The molecule has 2 heterocycles. The Bertz CT molecular complexity index is 578. The maximum Gasteiger partial charge on any atom is 0.263 e. The van der Waals surface area contributed by atoms with Crippen LogP contribution in [0, 0.1) is 5.92 Å². The molecule has 7 heteroatoms. The van der Waals surface area contributed by atoms with E-state index in [0.29, 0.717) is 11.5 Å². The predicted octanol–water partition coefficient (Wildman–Crippen LogP) is 0.543. The number of fused-ring (bicyclic) bond motifs is 1. The van der Waals surface area contributed by atoms with Gasteiger partial charge >= 0.3 is 0 Å². The first-order valence-electron chi connectivity index (χ1n) is 5.51. The largest absolute Gasteiger partial charge is 0.396 e. The van der Waals surface area contributed by atoms with Gasteiger partial charge in [0.1, 0.15) is 5.65 Å². The highest BCUT2D eigenvalue weighted by atomic mass is 16.6. The Hall–Kier alpha value is -2.15. The van der Waals surface area contributed by atoms with Crippen molar-refractivity contribution in [1.82, 2.24) is 14.5 Å². The van der Waals surface area contributed by atoms with Crippen LogP contribution in [0.3, 0.4) is 0 Å². The van der Waals surface area contributed by atoms with Crippen LogP contribution >= 0.6 is 0 Å². The zero-order valence-corrected chi connectivity index (χ0v) is 10.2. The summed E-state index contributed by atoms with van der Waals surface area (Å²) in [4.78, 5) is 13.3. The molecule has 7 nitrogen and oxygen atoms in total. The number of nitrogens with zero attached hydrogens (tertiary/aromatic N) is 4. The van der Waals surface area contributed by atoms with Crippen molar-refractivity contribution in [2.45, 2.75) is 6.92 Å². The van der Waals surface area contributed by atoms with E-state index in [1.165, 1.54) is 6.21 Å². The summed E-state index contributed by atoms with van der Waals surface area (Å²) in [5.74, 6) is 0.361. The van der Waals surface area contributed by atoms with Gasteiger partial charge < -0.3 is 20.2 Å². The Balaban J connectivity index is 2.30.